The number of ether oxygens (including phenoxy) is 1. The third-order valence-electron chi connectivity index (χ3n) is 5.99. The van der Waals surface area contributed by atoms with E-state index in [1.54, 1.807) is 26.0 Å². The molecule has 1 N–H and O–H groups in total. The van der Waals surface area contributed by atoms with Crippen molar-refractivity contribution >= 4 is 33.4 Å². The molecule has 33 heavy (non-hydrogen) atoms. The van der Waals surface area contributed by atoms with Crippen LogP contribution < -0.4 is 5.32 Å². The first kappa shape index (κ1) is 25.7. The number of anilines is 1. The van der Waals surface area contributed by atoms with Crippen LogP contribution in [0.1, 0.15) is 43.6 Å². The minimum atomic E-state index is -3.60. The fourth-order valence-corrected chi connectivity index (χ4v) is 6.25. The van der Waals surface area contributed by atoms with Crippen molar-refractivity contribution in [2.24, 2.45) is 0 Å². The first-order valence-electron chi connectivity index (χ1n) is 11.4. The Morgan fingerprint density at radius 3 is 2.64 bits per heavy atom. The molecular formula is C23H34N4O4S2. The van der Waals surface area contributed by atoms with E-state index in [1.807, 2.05) is 20.8 Å². The molecule has 10 heteroatoms. The van der Waals surface area contributed by atoms with Crippen LogP contribution in [0.3, 0.4) is 0 Å². The van der Waals surface area contributed by atoms with Crippen LogP contribution in [-0.4, -0.2) is 59.7 Å². The summed E-state index contributed by atoms with van der Waals surface area (Å²) in [5.41, 5.74) is 3.34. The van der Waals surface area contributed by atoms with Crippen LogP contribution in [0.2, 0.25) is 0 Å². The molecule has 2 aromatic rings. The number of hydrogen-bond acceptors (Lipinski definition) is 6. The van der Waals surface area contributed by atoms with Gasteiger partial charge >= 0.3 is 0 Å². The van der Waals surface area contributed by atoms with E-state index in [0.717, 1.165) is 48.1 Å². The number of thioether (sulfide) groups is 1. The van der Waals surface area contributed by atoms with E-state index in [-0.39, 0.29) is 22.7 Å². The van der Waals surface area contributed by atoms with Crippen LogP contribution in [-0.2, 0) is 26.1 Å². The zero-order chi connectivity index (χ0) is 24.2. The van der Waals surface area contributed by atoms with Crippen molar-refractivity contribution in [3.63, 3.8) is 0 Å². The summed E-state index contributed by atoms with van der Waals surface area (Å²) in [6, 6.07) is 4.85. The third-order valence-corrected chi connectivity index (χ3v) is 9.01. The van der Waals surface area contributed by atoms with Gasteiger partial charge in [-0.1, -0.05) is 31.7 Å². The second-order valence-electron chi connectivity index (χ2n) is 8.21. The lowest BCUT2D eigenvalue weighted by Crippen LogP contribution is -2.30. The quantitative estimate of drug-likeness (QED) is 0.506. The lowest BCUT2D eigenvalue weighted by molar-refractivity contribution is -0.113. The van der Waals surface area contributed by atoms with Gasteiger partial charge in [-0.25, -0.2) is 13.4 Å². The van der Waals surface area contributed by atoms with Gasteiger partial charge in [-0.3, -0.25) is 4.79 Å². The van der Waals surface area contributed by atoms with Gasteiger partial charge in [0.15, 0.2) is 5.16 Å². The monoisotopic (exact) mass is 494 g/mol. The predicted molar refractivity (Wildman–Crippen MR) is 131 cm³/mol. The highest BCUT2D eigenvalue weighted by atomic mass is 32.2. The van der Waals surface area contributed by atoms with Gasteiger partial charge in [-0.05, 0) is 51.3 Å². The summed E-state index contributed by atoms with van der Waals surface area (Å²) in [6.45, 7) is 11.8. The summed E-state index contributed by atoms with van der Waals surface area (Å²) in [5.74, 6) is -0.0316. The first-order valence-corrected chi connectivity index (χ1v) is 13.8. The molecule has 2 heterocycles. The van der Waals surface area contributed by atoms with Crippen LogP contribution >= 0.6 is 11.8 Å². The molecule has 0 bridgehead atoms. The van der Waals surface area contributed by atoms with E-state index in [1.165, 1.54) is 22.1 Å². The van der Waals surface area contributed by atoms with Gasteiger partial charge < -0.3 is 14.6 Å². The maximum Gasteiger partial charge on any atom is 0.243 e. The van der Waals surface area contributed by atoms with Crippen molar-refractivity contribution in [2.75, 3.05) is 30.8 Å². The molecule has 0 radical (unpaired) electrons. The fourth-order valence-electron chi connectivity index (χ4n) is 3.87. The molecule has 182 valence electrons. The molecule has 1 aliphatic heterocycles. The minimum absolute atomic E-state index is 0.174. The van der Waals surface area contributed by atoms with Gasteiger partial charge in [0, 0.05) is 31.1 Å². The number of benzene rings is 1. The molecule has 1 fully saturated rings. The highest BCUT2D eigenvalue weighted by molar-refractivity contribution is 7.99. The van der Waals surface area contributed by atoms with E-state index in [2.05, 4.69) is 14.9 Å². The molecule has 1 amide bonds. The molecule has 1 aliphatic rings. The molecule has 1 aromatic heterocycles. The lowest BCUT2D eigenvalue weighted by Gasteiger charge is -2.19. The van der Waals surface area contributed by atoms with Crippen molar-refractivity contribution in [1.29, 1.82) is 0 Å². The summed E-state index contributed by atoms with van der Waals surface area (Å²) in [7, 11) is -3.60. The van der Waals surface area contributed by atoms with Gasteiger partial charge in [-0.15, -0.1) is 0 Å². The smallest absolute Gasteiger partial charge is 0.243 e. The van der Waals surface area contributed by atoms with Crippen LogP contribution in [0.4, 0.5) is 5.69 Å². The topological polar surface area (TPSA) is 93.5 Å². The molecule has 3 rings (SSSR count). The van der Waals surface area contributed by atoms with E-state index < -0.39 is 10.0 Å². The number of nitrogens with zero attached hydrogens (tertiary/aromatic N) is 3. The Labute approximate surface area is 201 Å². The van der Waals surface area contributed by atoms with Crippen LogP contribution in [0.25, 0.3) is 0 Å². The number of hydrogen-bond donors (Lipinski definition) is 1. The highest BCUT2D eigenvalue weighted by Crippen LogP contribution is 2.26. The van der Waals surface area contributed by atoms with Crippen LogP contribution in [0, 0.1) is 20.8 Å². The Morgan fingerprint density at radius 1 is 1.27 bits per heavy atom. The average Bonchev–Trinajstić information content (AvgIpc) is 3.38. The molecular weight excluding hydrogens is 460 g/mol. The Kier molecular flexibility index (Phi) is 8.60. The van der Waals surface area contributed by atoms with E-state index in [9.17, 15) is 13.2 Å². The van der Waals surface area contributed by atoms with Crippen molar-refractivity contribution < 1.29 is 17.9 Å². The molecule has 1 saturated heterocycles. The average molecular weight is 495 g/mol. The second-order valence-corrected chi connectivity index (χ2v) is 11.1. The molecule has 0 spiro atoms. The second kappa shape index (κ2) is 11.0. The summed E-state index contributed by atoms with van der Waals surface area (Å²) < 4.78 is 35.0. The normalized spacial score (nSPS) is 16.5. The Morgan fingerprint density at radius 2 is 2.00 bits per heavy atom. The lowest BCUT2D eigenvalue weighted by atomic mass is 10.2. The van der Waals surface area contributed by atoms with Crippen LogP contribution in [0.5, 0.6) is 0 Å². The predicted octanol–water partition coefficient (Wildman–Crippen LogP) is 3.75. The number of nitrogens with one attached hydrogen (secondary N) is 1. The maximum absolute atomic E-state index is 12.9. The summed E-state index contributed by atoms with van der Waals surface area (Å²) in [5, 5.41) is 3.67. The summed E-state index contributed by atoms with van der Waals surface area (Å²) in [6.07, 6.45) is 2.29. The largest absolute Gasteiger partial charge is 0.376 e. The number of carbonyl (C=O) groups is 1. The van der Waals surface area contributed by atoms with Crippen molar-refractivity contribution in [2.45, 2.75) is 70.2 Å². The minimum Gasteiger partial charge on any atom is -0.376 e. The van der Waals surface area contributed by atoms with Crippen molar-refractivity contribution in [1.82, 2.24) is 13.9 Å². The van der Waals surface area contributed by atoms with Gasteiger partial charge in [0.25, 0.3) is 0 Å². The SMILES string of the molecule is CCN(CC)S(=O)(=O)c1ccc(C)c(NC(=O)CSc2nc(C)c(C)n2C[C@H]2CCCO2)c1. The van der Waals surface area contributed by atoms with Crippen LogP contribution in [0.15, 0.2) is 28.3 Å². The number of aromatic nitrogens is 2. The Balaban J connectivity index is 1.70. The van der Waals surface area contributed by atoms with Gasteiger partial charge in [0.1, 0.15) is 0 Å². The Bertz CT molecular complexity index is 1090. The van der Waals surface area contributed by atoms with Crippen molar-refractivity contribution in [3.8, 4) is 0 Å². The number of amides is 1. The maximum atomic E-state index is 12.9. The van der Waals surface area contributed by atoms with Gasteiger partial charge in [-0.2, -0.15) is 4.31 Å². The van der Waals surface area contributed by atoms with Crippen molar-refractivity contribution in [3.05, 3.63) is 35.2 Å². The molecule has 8 nitrogen and oxygen atoms in total. The number of sulfonamides is 1. The zero-order valence-corrected chi connectivity index (χ0v) is 21.7. The first-order chi connectivity index (χ1) is 15.7. The molecule has 0 aliphatic carbocycles. The van der Waals surface area contributed by atoms with Gasteiger partial charge in [0.2, 0.25) is 15.9 Å². The van der Waals surface area contributed by atoms with Gasteiger partial charge in [0.05, 0.1) is 29.0 Å². The number of imidazole rings is 1. The molecule has 0 saturated carbocycles. The summed E-state index contributed by atoms with van der Waals surface area (Å²) in [4.78, 5) is 17.6. The summed E-state index contributed by atoms with van der Waals surface area (Å²) >= 11 is 1.38. The number of rotatable bonds is 10. The fraction of sp³-hybridized carbons (Fsp3) is 0.565. The molecule has 1 atom stereocenters. The van der Waals surface area contributed by atoms with E-state index in [0.29, 0.717) is 18.8 Å². The molecule has 1 aromatic carbocycles. The highest BCUT2D eigenvalue weighted by Gasteiger charge is 2.23. The van der Waals surface area contributed by atoms with E-state index >= 15 is 0 Å². The zero-order valence-electron chi connectivity index (χ0n) is 20.1. The number of carbonyl (C=O) groups excluding carboxylic acids is 1. The standard InChI is InChI=1S/C23H34N4O4S2/c1-6-26(7-2)33(29,30)20-11-10-16(3)21(13-20)25-22(28)15-32-23-24-17(4)18(5)27(23)14-19-9-8-12-31-19/h10-11,13,19H,6-9,12,14-15H2,1-5H3,(H,25,28)/t19-/m1/s1. The Hall–Kier alpha value is -1.88. The van der Waals surface area contributed by atoms with E-state index in [4.69, 9.17) is 4.74 Å². The number of aryl methyl sites for hydroxylation is 2. The molecule has 0 unspecified atom stereocenters. The third kappa shape index (κ3) is 5.98.